The van der Waals surface area contributed by atoms with E-state index in [1.54, 1.807) is 17.1 Å². The first-order valence-electron chi connectivity index (χ1n) is 6.69. The van der Waals surface area contributed by atoms with Crippen LogP contribution in [-0.4, -0.2) is 33.6 Å². The number of ether oxygens (including phenoxy) is 1. The third-order valence-corrected chi connectivity index (χ3v) is 4.37. The summed E-state index contributed by atoms with van der Waals surface area (Å²) in [6.45, 7) is 1.53. The fraction of sp³-hybridized carbons (Fsp3) is 0.538. The summed E-state index contributed by atoms with van der Waals surface area (Å²) in [6.07, 6.45) is 4.39. The lowest BCUT2D eigenvalue weighted by Crippen LogP contribution is -2.17. The largest absolute Gasteiger partial charge is 0.497 e. The van der Waals surface area contributed by atoms with Crippen LogP contribution in [0.15, 0.2) is 38.9 Å². The van der Waals surface area contributed by atoms with Crippen LogP contribution >= 0.6 is 0 Å². The lowest BCUT2D eigenvalue weighted by atomic mass is 10.2. The molecule has 1 aromatic carbocycles. The molecule has 7 heteroatoms. The molecule has 0 saturated carbocycles. The van der Waals surface area contributed by atoms with Gasteiger partial charge >= 0.3 is 10.0 Å². The Kier molecular flexibility index (Phi) is 4.94. The smallest absolute Gasteiger partial charge is 0.301 e. The second kappa shape index (κ2) is 6.69. The minimum atomic E-state index is -3.74. The minimum absolute atomic E-state index is 0.122. The summed E-state index contributed by atoms with van der Waals surface area (Å²) < 4.78 is 32.6. The third-order valence-electron chi connectivity index (χ3n) is 3.21. The van der Waals surface area contributed by atoms with Gasteiger partial charge in [0.2, 0.25) is 0 Å². The molecule has 20 heavy (non-hydrogen) atoms. The number of hydrogen-bond acceptors (Lipinski definition) is 4. The van der Waals surface area contributed by atoms with Crippen LogP contribution in [0.25, 0.3) is 0 Å². The molecule has 1 heterocycles. The van der Waals surface area contributed by atoms with Gasteiger partial charge in [-0.3, -0.25) is 5.01 Å². The van der Waals surface area contributed by atoms with Crippen molar-refractivity contribution in [1.29, 1.82) is 0 Å². The highest BCUT2D eigenvalue weighted by Crippen LogP contribution is 2.18. The van der Waals surface area contributed by atoms with Crippen molar-refractivity contribution in [3.8, 4) is 5.75 Å². The van der Waals surface area contributed by atoms with Crippen molar-refractivity contribution in [2.75, 3.05) is 20.2 Å². The van der Waals surface area contributed by atoms with E-state index in [2.05, 4.69) is 9.74 Å². The van der Waals surface area contributed by atoms with Crippen molar-refractivity contribution >= 4 is 10.0 Å². The first-order chi connectivity index (χ1) is 9.62. The summed E-state index contributed by atoms with van der Waals surface area (Å²) in [7, 11) is -2.21. The van der Waals surface area contributed by atoms with Gasteiger partial charge in [0.1, 0.15) is 5.75 Å². The van der Waals surface area contributed by atoms with E-state index in [0.717, 1.165) is 38.8 Å². The molecule has 0 N–H and O–H groups in total. The highest BCUT2D eigenvalue weighted by atomic mass is 32.2. The zero-order valence-electron chi connectivity index (χ0n) is 11.5. The van der Waals surface area contributed by atoms with Gasteiger partial charge in [-0.1, -0.05) is 18.1 Å². The molecule has 1 aliphatic rings. The molecule has 110 valence electrons. The van der Waals surface area contributed by atoms with Crippen molar-refractivity contribution in [3.63, 3.8) is 0 Å². The second-order valence-electron chi connectivity index (χ2n) is 4.69. The van der Waals surface area contributed by atoms with E-state index in [0.29, 0.717) is 5.75 Å². The van der Waals surface area contributed by atoms with E-state index in [4.69, 9.17) is 4.74 Å². The first-order valence-corrected chi connectivity index (χ1v) is 8.13. The summed E-state index contributed by atoms with van der Waals surface area (Å²) in [5, 5.41) is 5.60. The van der Waals surface area contributed by atoms with Gasteiger partial charge in [0, 0.05) is 13.1 Å². The van der Waals surface area contributed by atoms with E-state index in [1.807, 2.05) is 0 Å². The highest BCUT2D eigenvalue weighted by Gasteiger charge is 2.14. The Balaban J connectivity index is 2.08. The van der Waals surface area contributed by atoms with Gasteiger partial charge in [-0.2, -0.15) is 8.42 Å². The Morgan fingerprint density at radius 1 is 1.05 bits per heavy atom. The van der Waals surface area contributed by atoms with E-state index >= 15 is 0 Å². The SMILES string of the molecule is COc1ccc(S(=O)(=O)/N=N/N2CCCCCC2)cc1. The summed E-state index contributed by atoms with van der Waals surface area (Å²) in [4.78, 5) is 0.122. The monoisotopic (exact) mass is 297 g/mol. The molecule has 6 nitrogen and oxygen atoms in total. The summed E-state index contributed by atoms with van der Waals surface area (Å²) in [6, 6.07) is 6.12. The van der Waals surface area contributed by atoms with Crippen molar-refractivity contribution in [2.45, 2.75) is 30.6 Å². The molecular formula is C13H19N3O3S. The van der Waals surface area contributed by atoms with Gasteiger partial charge in [-0.25, -0.2) is 0 Å². The van der Waals surface area contributed by atoms with E-state index < -0.39 is 10.0 Å². The number of methoxy groups -OCH3 is 1. The molecular weight excluding hydrogens is 278 g/mol. The van der Waals surface area contributed by atoms with Gasteiger partial charge in [-0.15, -0.1) is 0 Å². The van der Waals surface area contributed by atoms with E-state index in [-0.39, 0.29) is 4.90 Å². The van der Waals surface area contributed by atoms with Gasteiger partial charge in [0.15, 0.2) is 0 Å². The van der Waals surface area contributed by atoms with Crippen molar-refractivity contribution in [3.05, 3.63) is 24.3 Å². The minimum Gasteiger partial charge on any atom is -0.497 e. The van der Waals surface area contributed by atoms with Crippen LogP contribution in [0.2, 0.25) is 0 Å². The molecule has 1 fully saturated rings. The Morgan fingerprint density at radius 3 is 2.20 bits per heavy atom. The van der Waals surface area contributed by atoms with Crippen LogP contribution in [0.4, 0.5) is 0 Å². The van der Waals surface area contributed by atoms with Gasteiger partial charge in [0.05, 0.1) is 12.0 Å². The standard InChI is InChI=1S/C13H19N3O3S/c1-19-12-6-8-13(9-7-12)20(17,18)15-14-16-10-4-2-3-5-11-16/h6-9H,2-5,10-11H2,1H3/b15-14+. The third kappa shape index (κ3) is 3.93. The van der Waals surface area contributed by atoms with E-state index in [1.165, 1.54) is 19.2 Å². The first kappa shape index (κ1) is 14.8. The van der Waals surface area contributed by atoms with Crippen LogP contribution in [-0.2, 0) is 10.0 Å². The molecule has 0 amide bonds. The fourth-order valence-electron chi connectivity index (χ4n) is 2.04. The van der Waals surface area contributed by atoms with Crippen molar-refractivity contribution in [1.82, 2.24) is 5.01 Å². The van der Waals surface area contributed by atoms with Gasteiger partial charge in [0.25, 0.3) is 0 Å². The predicted molar refractivity (Wildman–Crippen MR) is 75.1 cm³/mol. The molecule has 0 unspecified atom stereocenters. The fourth-order valence-corrected chi connectivity index (χ4v) is 2.81. The maximum Gasteiger partial charge on any atom is 0.301 e. The molecule has 0 bridgehead atoms. The quantitative estimate of drug-likeness (QED) is 0.801. The van der Waals surface area contributed by atoms with E-state index in [9.17, 15) is 8.42 Å². The lowest BCUT2D eigenvalue weighted by molar-refractivity contribution is 0.283. The van der Waals surface area contributed by atoms with Gasteiger partial charge in [-0.05, 0) is 41.6 Å². The zero-order valence-corrected chi connectivity index (χ0v) is 12.3. The maximum absolute atomic E-state index is 12.0. The maximum atomic E-state index is 12.0. The van der Waals surface area contributed by atoms with Crippen LogP contribution in [0.5, 0.6) is 5.75 Å². The molecule has 1 aliphatic heterocycles. The van der Waals surface area contributed by atoms with Crippen LogP contribution in [0.1, 0.15) is 25.7 Å². The number of sulfonamides is 1. The molecule has 1 saturated heterocycles. The number of rotatable bonds is 4. The molecule has 0 spiro atoms. The zero-order chi connectivity index (χ0) is 14.4. The van der Waals surface area contributed by atoms with Crippen LogP contribution in [0.3, 0.4) is 0 Å². The number of nitrogens with zero attached hydrogens (tertiary/aromatic N) is 3. The average Bonchev–Trinajstić information content (AvgIpc) is 2.74. The molecule has 0 radical (unpaired) electrons. The van der Waals surface area contributed by atoms with Gasteiger partial charge < -0.3 is 4.74 Å². The lowest BCUT2D eigenvalue weighted by Gasteiger charge is -2.13. The molecule has 2 rings (SSSR count). The molecule has 0 atom stereocenters. The van der Waals surface area contributed by atoms with Crippen LogP contribution in [0, 0.1) is 0 Å². The van der Waals surface area contributed by atoms with Crippen molar-refractivity contribution in [2.24, 2.45) is 9.74 Å². The average molecular weight is 297 g/mol. The number of hydrogen-bond donors (Lipinski definition) is 0. The second-order valence-corrected chi connectivity index (χ2v) is 6.27. The molecule has 1 aromatic rings. The summed E-state index contributed by atoms with van der Waals surface area (Å²) in [5.41, 5.74) is 0. The number of benzene rings is 1. The summed E-state index contributed by atoms with van der Waals surface area (Å²) in [5.74, 6) is 0.605. The van der Waals surface area contributed by atoms with Crippen LogP contribution < -0.4 is 4.74 Å². The summed E-state index contributed by atoms with van der Waals surface area (Å²) >= 11 is 0. The molecule has 0 aromatic heterocycles. The Hall–Kier alpha value is -1.63. The Morgan fingerprint density at radius 2 is 1.65 bits per heavy atom. The highest BCUT2D eigenvalue weighted by molar-refractivity contribution is 7.90. The molecule has 0 aliphatic carbocycles. The predicted octanol–water partition coefficient (Wildman–Crippen LogP) is 2.63. The Bertz CT molecular complexity index is 547. The topological polar surface area (TPSA) is 71.3 Å². The van der Waals surface area contributed by atoms with Crippen molar-refractivity contribution < 1.29 is 13.2 Å². The normalized spacial score (nSPS) is 17.1. The Labute approximate surface area is 119 Å².